The number of nitrogens with two attached hydrogens (primary N) is 1. The molecule has 0 radical (unpaired) electrons. The number of hydrogen-bond acceptors (Lipinski definition) is 2. The summed E-state index contributed by atoms with van der Waals surface area (Å²) in [7, 11) is 0. The average Bonchev–Trinajstić information content (AvgIpc) is 2.67. The van der Waals surface area contributed by atoms with Crippen LogP contribution in [0.5, 0.6) is 0 Å². The smallest absolute Gasteiger partial charge is 0.0557 e. The van der Waals surface area contributed by atoms with Crippen molar-refractivity contribution < 1.29 is 0 Å². The minimum absolute atomic E-state index is 0.0398. The number of aryl methyl sites for hydroxylation is 1. The molecule has 0 spiro atoms. The van der Waals surface area contributed by atoms with Crippen LogP contribution in [0.25, 0.3) is 0 Å². The summed E-state index contributed by atoms with van der Waals surface area (Å²) in [6.45, 7) is 4.32. The molecule has 3 N–H and O–H groups in total. The Kier molecular flexibility index (Phi) is 5.52. The third-order valence-electron chi connectivity index (χ3n) is 4.81. The number of anilines is 1. The molecule has 25 heavy (non-hydrogen) atoms. The normalized spacial score (nSPS) is 14.5. The second-order valence-electron chi connectivity index (χ2n) is 6.69. The molecule has 0 aliphatic carbocycles. The third kappa shape index (κ3) is 4.28. The van der Waals surface area contributed by atoms with Gasteiger partial charge in [0, 0.05) is 11.7 Å². The molecule has 0 bridgehead atoms. The van der Waals surface area contributed by atoms with Crippen molar-refractivity contribution >= 4 is 5.69 Å². The maximum Gasteiger partial charge on any atom is 0.0557 e. The first kappa shape index (κ1) is 17.2. The monoisotopic (exact) mass is 330 g/mol. The molecule has 0 heterocycles. The Hall–Kier alpha value is -2.58. The van der Waals surface area contributed by atoms with Crippen molar-refractivity contribution in [3.8, 4) is 0 Å². The Balaban J connectivity index is 1.88. The fraction of sp³-hybridized carbons (Fsp3) is 0.217. The third-order valence-corrected chi connectivity index (χ3v) is 4.81. The molecule has 3 aromatic rings. The zero-order valence-corrected chi connectivity index (χ0v) is 14.9. The van der Waals surface area contributed by atoms with E-state index in [1.165, 1.54) is 16.7 Å². The first-order valence-electron chi connectivity index (χ1n) is 8.84. The second-order valence-corrected chi connectivity index (χ2v) is 6.69. The van der Waals surface area contributed by atoms with Crippen LogP contribution >= 0.6 is 0 Å². The van der Waals surface area contributed by atoms with Gasteiger partial charge in [-0.15, -0.1) is 0 Å². The van der Waals surface area contributed by atoms with Gasteiger partial charge in [-0.3, -0.25) is 0 Å². The zero-order chi connectivity index (χ0) is 17.6. The fourth-order valence-corrected chi connectivity index (χ4v) is 3.19. The summed E-state index contributed by atoms with van der Waals surface area (Å²) in [4.78, 5) is 0. The van der Waals surface area contributed by atoms with Crippen LogP contribution in [0.4, 0.5) is 5.69 Å². The van der Waals surface area contributed by atoms with E-state index in [-0.39, 0.29) is 18.0 Å². The van der Waals surface area contributed by atoms with E-state index in [0.717, 1.165) is 5.69 Å². The largest absolute Gasteiger partial charge is 0.378 e. The predicted octanol–water partition coefficient (Wildman–Crippen LogP) is 5.48. The molecule has 0 fully saturated rings. The number of benzene rings is 3. The quantitative estimate of drug-likeness (QED) is 0.627. The molecule has 2 heteroatoms. The van der Waals surface area contributed by atoms with Gasteiger partial charge >= 0.3 is 0 Å². The highest BCUT2D eigenvalue weighted by atomic mass is 14.9. The number of rotatable bonds is 6. The summed E-state index contributed by atoms with van der Waals surface area (Å²) >= 11 is 0. The van der Waals surface area contributed by atoms with E-state index in [9.17, 15) is 0 Å². The van der Waals surface area contributed by atoms with Gasteiger partial charge in [-0.05, 0) is 36.1 Å². The van der Waals surface area contributed by atoms with Crippen LogP contribution < -0.4 is 11.1 Å². The van der Waals surface area contributed by atoms with Crippen molar-refractivity contribution in [1.82, 2.24) is 0 Å². The number of para-hydroxylation sites is 1. The molecule has 0 aromatic heterocycles. The Morgan fingerprint density at radius 1 is 0.720 bits per heavy atom. The van der Waals surface area contributed by atoms with Crippen molar-refractivity contribution in [2.45, 2.75) is 25.9 Å². The van der Waals surface area contributed by atoms with E-state index in [4.69, 9.17) is 5.73 Å². The maximum absolute atomic E-state index is 6.64. The fourth-order valence-electron chi connectivity index (χ4n) is 3.19. The first-order valence-corrected chi connectivity index (χ1v) is 8.84. The molecule has 3 unspecified atom stereocenters. The highest BCUT2D eigenvalue weighted by Crippen LogP contribution is 2.34. The molecule has 3 atom stereocenters. The van der Waals surface area contributed by atoms with Gasteiger partial charge in [-0.25, -0.2) is 0 Å². The zero-order valence-electron chi connectivity index (χ0n) is 14.9. The molecule has 0 aliphatic rings. The lowest BCUT2D eigenvalue weighted by atomic mass is 9.85. The van der Waals surface area contributed by atoms with Gasteiger partial charge in [-0.1, -0.05) is 85.3 Å². The molecule has 0 saturated heterocycles. The molecule has 3 aromatic carbocycles. The molecule has 0 saturated carbocycles. The highest BCUT2D eigenvalue weighted by Gasteiger charge is 2.25. The summed E-state index contributed by atoms with van der Waals surface area (Å²) in [5.41, 5.74) is 11.4. The molecule has 0 amide bonds. The van der Waals surface area contributed by atoms with Crippen LogP contribution in [0.15, 0.2) is 84.9 Å². The van der Waals surface area contributed by atoms with Gasteiger partial charge in [0.05, 0.1) is 6.04 Å². The molecule has 2 nitrogen and oxygen atoms in total. The highest BCUT2D eigenvalue weighted by molar-refractivity contribution is 5.45. The van der Waals surface area contributed by atoms with Crippen molar-refractivity contribution in [3.05, 3.63) is 102 Å². The number of hydrogen-bond donors (Lipinski definition) is 2. The minimum Gasteiger partial charge on any atom is -0.378 e. The second kappa shape index (κ2) is 8.00. The van der Waals surface area contributed by atoms with Gasteiger partial charge in [0.1, 0.15) is 0 Å². The summed E-state index contributed by atoms with van der Waals surface area (Å²) in [5.74, 6) is 0.227. The SMILES string of the molecule is Cc1ccc(C(N)C(C)C(Nc2ccccc2)c2ccccc2)cc1. The molecule has 3 rings (SSSR count). The van der Waals surface area contributed by atoms with Crippen molar-refractivity contribution in [2.75, 3.05) is 5.32 Å². The van der Waals surface area contributed by atoms with Crippen LogP contribution in [-0.4, -0.2) is 0 Å². The summed E-state index contributed by atoms with van der Waals surface area (Å²) in [6.07, 6.45) is 0. The molecule has 128 valence electrons. The van der Waals surface area contributed by atoms with Gasteiger partial charge in [0.2, 0.25) is 0 Å². The average molecular weight is 330 g/mol. The lowest BCUT2D eigenvalue weighted by molar-refractivity contribution is 0.412. The van der Waals surface area contributed by atoms with E-state index >= 15 is 0 Å². The standard InChI is InChI=1S/C23H26N2/c1-17-13-15-19(16-14-17)22(24)18(2)23(20-9-5-3-6-10-20)25-21-11-7-4-8-12-21/h3-16,18,22-23,25H,24H2,1-2H3. The van der Waals surface area contributed by atoms with Crippen LogP contribution in [0.2, 0.25) is 0 Å². The summed E-state index contributed by atoms with van der Waals surface area (Å²) in [5, 5.41) is 3.68. The Labute approximate surface area is 150 Å². The molecule has 0 aliphatic heterocycles. The van der Waals surface area contributed by atoms with Gasteiger partial charge in [-0.2, -0.15) is 0 Å². The van der Waals surface area contributed by atoms with Crippen molar-refractivity contribution in [3.63, 3.8) is 0 Å². The van der Waals surface area contributed by atoms with Crippen molar-refractivity contribution in [2.24, 2.45) is 11.7 Å². The van der Waals surface area contributed by atoms with Crippen LogP contribution in [-0.2, 0) is 0 Å². The van der Waals surface area contributed by atoms with E-state index in [0.29, 0.717) is 0 Å². The van der Waals surface area contributed by atoms with Gasteiger partial charge in [0.25, 0.3) is 0 Å². The van der Waals surface area contributed by atoms with Crippen LogP contribution in [0, 0.1) is 12.8 Å². The van der Waals surface area contributed by atoms with E-state index in [2.05, 4.69) is 92.0 Å². The minimum atomic E-state index is -0.0398. The maximum atomic E-state index is 6.64. The van der Waals surface area contributed by atoms with E-state index in [1.807, 2.05) is 12.1 Å². The molecular formula is C23H26N2. The Bertz CT molecular complexity index is 766. The summed E-state index contributed by atoms with van der Waals surface area (Å²) in [6, 6.07) is 29.5. The topological polar surface area (TPSA) is 38.0 Å². The lowest BCUT2D eigenvalue weighted by Crippen LogP contribution is -2.29. The summed E-state index contributed by atoms with van der Waals surface area (Å²) < 4.78 is 0. The molecular weight excluding hydrogens is 304 g/mol. The van der Waals surface area contributed by atoms with Crippen LogP contribution in [0.3, 0.4) is 0 Å². The Morgan fingerprint density at radius 2 is 1.28 bits per heavy atom. The van der Waals surface area contributed by atoms with Gasteiger partial charge in [0.15, 0.2) is 0 Å². The Morgan fingerprint density at radius 3 is 1.88 bits per heavy atom. The number of nitrogens with one attached hydrogen (secondary N) is 1. The van der Waals surface area contributed by atoms with E-state index in [1.54, 1.807) is 0 Å². The van der Waals surface area contributed by atoms with Crippen LogP contribution in [0.1, 0.15) is 35.7 Å². The van der Waals surface area contributed by atoms with Gasteiger partial charge < -0.3 is 11.1 Å². The first-order chi connectivity index (χ1) is 12.1. The van der Waals surface area contributed by atoms with E-state index < -0.39 is 0 Å². The lowest BCUT2D eigenvalue weighted by Gasteiger charge is -2.31. The predicted molar refractivity (Wildman–Crippen MR) is 107 cm³/mol. The van der Waals surface area contributed by atoms with Crippen molar-refractivity contribution in [1.29, 1.82) is 0 Å².